The number of Topliss-reactive ketones (excluding diaryl/α,β-unsaturated/α-hetero) is 2. The van der Waals surface area contributed by atoms with E-state index in [-0.39, 0.29) is 23.9 Å². The van der Waals surface area contributed by atoms with Gasteiger partial charge in [0.2, 0.25) is 0 Å². The van der Waals surface area contributed by atoms with Crippen molar-refractivity contribution in [3.05, 3.63) is 46.7 Å². The van der Waals surface area contributed by atoms with E-state index in [0.717, 1.165) is 11.1 Å². The second kappa shape index (κ2) is 6.12. The molecule has 0 heterocycles. The molecule has 1 aromatic carbocycles. The van der Waals surface area contributed by atoms with Crippen molar-refractivity contribution in [2.75, 3.05) is 6.73 Å². The summed E-state index contributed by atoms with van der Waals surface area (Å²) in [5, 5.41) is 11.1. The minimum atomic E-state index is -0.332. The Morgan fingerprint density at radius 3 is 2.56 bits per heavy atom. The van der Waals surface area contributed by atoms with Gasteiger partial charge in [0.1, 0.15) is 6.73 Å². The highest BCUT2D eigenvalue weighted by Crippen LogP contribution is 2.15. The van der Waals surface area contributed by atoms with Crippen molar-refractivity contribution in [2.24, 2.45) is 0 Å². The highest BCUT2D eigenvalue weighted by molar-refractivity contribution is 6.26. The van der Waals surface area contributed by atoms with Gasteiger partial charge < -0.3 is 10.4 Å². The molecule has 18 heavy (non-hydrogen) atoms. The lowest BCUT2D eigenvalue weighted by Crippen LogP contribution is -2.17. The molecule has 0 radical (unpaired) electrons. The molecule has 0 unspecified atom stereocenters. The van der Waals surface area contributed by atoms with Crippen LogP contribution in [0.4, 0.5) is 0 Å². The summed E-state index contributed by atoms with van der Waals surface area (Å²) in [6.45, 7) is 4.72. The maximum atomic E-state index is 12.3. The number of aliphatic hydroxyl groups excluding tert-OH is 1. The number of ketones is 2. The van der Waals surface area contributed by atoms with Crippen LogP contribution in [0, 0.1) is 13.8 Å². The Bertz CT molecular complexity index is 504. The summed E-state index contributed by atoms with van der Waals surface area (Å²) in [5.74, 6) is -0.661. The van der Waals surface area contributed by atoms with Gasteiger partial charge in [-0.15, -0.1) is 0 Å². The zero-order valence-electron chi connectivity index (χ0n) is 10.8. The Kier molecular flexibility index (Phi) is 4.80. The summed E-state index contributed by atoms with van der Waals surface area (Å²) in [6, 6.07) is 5.52. The normalized spacial score (nSPS) is 11.2. The zero-order valence-corrected chi connectivity index (χ0v) is 10.8. The molecule has 1 rings (SSSR count). The number of hydrogen-bond acceptors (Lipinski definition) is 4. The summed E-state index contributed by atoms with van der Waals surface area (Å²) >= 11 is 0. The monoisotopic (exact) mass is 247 g/mol. The fourth-order valence-electron chi connectivity index (χ4n) is 1.60. The number of aryl methyl sites for hydroxylation is 2. The fraction of sp³-hybridized carbons (Fsp3) is 0.286. The third-order valence-corrected chi connectivity index (χ3v) is 2.60. The minimum Gasteiger partial charge on any atom is -0.377 e. The van der Waals surface area contributed by atoms with E-state index in [1.807, 2.05) is 26.0 Å². The number of hydrogen-bond donors (Lipinski definition) is 2. The molecule has 0 fully saturated rings. The molecule has 2 N–H and O–H groups in total. The van der Waals surface area contributed by atoms with Crippen molar-refractivity contribution in [3.63, 3.8) is 0 Å². The maximum absolute atomic E-state index is 12.3. The highest BCUT2D eigenvalue weighted by atomic mass is 16.3. The van der Waals surface area contributed by atoms with Gasteiger partial charge in [0.05, 0.1) is 5.57 Å². The molecule has 0 spiro atoms. The lowest BCUT2D eigenvalue weighted by Gasteiger charge is -2.08. The number of allylic oxidation sites excluding steroid dienone is 1. The van der Waals surface area contributed by atoms with E-state index in [1.54, 1.807) is 6.07 Å². The predicted octanol–water partition coefficient (Wildman–Crippen LogP) is 1.50. The van der Waals surface area contributed by atoms with Crippen molar-refractivity contribution >= 4 is 11.6 Å². The summed E-state index contributed by atoms with van der Waals surface area (Å²) < 4.78 is 0. The molecule has 0 saturated heterocycles. The average molecular weight is 247 g/mol. The molecule has 0 saturated carbocycles. The van der Waals surface area contributed by atoms with E-state index in [4.69, 9.17) is 5.11 Å². The van der Waals surface area contributed by atoms with Crippen LogP contribution in [0.25, 0.3) is 0 Å². The van der Waals surface area contributed by atoms with Crippen LogP contribution in [0.1, 0.15) is 28.4 Å². The van der Waals surface area contributed by atoms with Crippen LogP contribution >= 0.6 is 0 Å². The van der Waals surface area contributed by atoms with Gasteiger partial charge in [-0.25, -0.2) is 0 Å². The van der Waals surface area contributed by atoms with Crippen LogP contribution in [-0.2, 0) is 4.79 Å². The van der Waals surface area contributed by atoms with E-state index in [2.05, 4.69) is 5.32 Å². The van der Waals surface area contributed by atoms with E-state index in [0.29, 0.717) is 5.56 Å². The smallest absolute Gasteiger partial charge is 0.198 e. The first kappa shape index (κ1) is 14.1. The van der Waals surface area contributed by atoms with Crippen LogP contribution in [0.2, 0.25) is 0 Å². The number of carbonyl (C=O) groups excluding carboxylic acids is 2. The van der Waals surface area contributed by atoms with Gasteiger partial charge in [-0.05, 0) is 32.4 Å². The molecule has 4 heteroatoms. The molecule has 4 nitrogen and oxygen atoms in total. The summed E-state index contributed by atoms with van der Waals surface area (Å²) in [6.07, 6.45) is 1.26. The summed E-state index contributed by atoms with van der Waals surface area (Å²) in [4.78, 5) is 23.7. The quantitative estimate of drug-likeness (QED) is 0.272. The van der Waals surface area contributed by atoms with E-state index in [1.165, 1.54) is 13.1 Å². The van der Waals surface area contributed by atoms with Crippen molar-refractivity contribution in [2.45, 2.75) is 20.8 Å². The standard InChI is InChI=1S/C14H17NO3/c1-9-4-5-10(2)12(6-9)14(18)13(11(3)17)7-15-8-16/h4-7,15-16H,8H2,1-3H3/b13-7+. The number of carbonyl (C=O) groups is 2. The molecule has 0 bridgehead atoms. The van der Waals surface area contributed by atoms with Crippen LogP contribution in [0.15, 0.2) is 30.0 Å². The number of rotatable bonds is 5. The second-order valence-electron chi connectivity index (χ2n) is 4.12. The number of benzene rings is 1. The SMILES string of the molecule is CC(=O)/C(=C\NCO)C(=O)c1cc(C)ccc1C. The lowest BCUT2D eigenvalue weighted by atomic mass is 9.96. The summed E-state index contributed by atoms with van der Waals surface area (Å²) in [7, 11) is 0. The molecule has 96 valence electrons. The van der Waals surface area contributed by atoms with Crippen molar-refractivity contribution < 1.29 is 14.7 Å². The molecule has 0 aliphatic rings. The van der Waals surface area contributed by atoms with Crippen molar-refractivity contribution in [3.8, 4) is 0 Å². The molecule has 0 aromatic heterocycles. The van der Waals surface area contributed by atoms with Crippen LogP contribution in [0.3, 0.4) is 0 Å². The second-order valence-corrected chi connectivity index (χ2v) is 4.12. The topological polar surface area (TPSA) is 66.4 Å². The molecule has 0 atom stereocenters. The van der Waals surface area contributed by atoms with Crippen molar-refractivity contribution in [1.29, 1.82) is 0 Å². The third-order valence-electron chi connectivity index (χ3n) is 2.60. The average Bonchev–Trinajstić information content (AvgIpc) is 2.32. The molecule has 1 aromatic rings. The number of aliphatic hydroxyl groups is 1. The van der Waals surface area contributed by atoms with Gasteiger partial charge in [-0.3, -0.25) is 9.59 Å². The van der Waals surface area contributed by atoms with E-state index < -0.39 is 0 Å². The molecule has 0 aliphatic carbocycles. The first-order chi connectivity index (χ1) is 8.47. The Balaban J connectivity index is 3.18. The van der Waals surface area contributed by atoms with Gasteiger partial charge in [-0.1, -0.05) is 17.7 Å². The van der Waals surface area contributed by atoms with Crippen molar-refractivity contribution in [1.82, 2.24) is 5.32 Å². The number of nitrogens with one attached hydrogen (secondary N) is 1. The molecule has 0 aliphatic heterocycles. The third kappa shape index (κ3) is 3.28. The van der Waals surface area contributed by atoms with Gasteiger partial charge in [0.25, 0.3) is 0 Å². The zero-order chi connectivity index (χ0) is 13.7. The Labute approximate surface area is 106 Å². The van der Waals surface area contributed by atoms with Gasteiger partial charge in [-0.2, -0.15) is 0 Å². The predicted molar refractivity (Wildman–Crippen MR) is 69.2 cm³/mol. The molecular formula is C14H17NO3. The van der Waals surface area contributed by atoms with Gasteiger partial charge in [0.15, 0.2) is 11.6 Å². The summed E-state index contributed by atoms with van der Waals surface area (Å²) in [5.41, 5.74) is 2.33. The fourth-order valence-corrected chi connectivity index (χ4v) is 1.60. The minimum absolute atomic E-state index is 0.0396. The first-order valence-electron chi connectivity index (χ1n) is 5.64. The first-order valence-corrected chi connectivity index (χ1v) is 5.64. The highest BCUT2D eigenvalue weighted by Gasteiger charge is 2.18. The van der Waals surface area contributed by atoms with Gasteiger partial charge in [0, 0.05) is 11.8 Å². The largest absolute Gasteiger partial charge is 0.377 e. The Hall–Kier alpha value is -1.94. The van der Waals surface area contributed by atoms with Crippen LogP contribution < -0.4 is 5.32 Å². The van der Waals surface area contributed by atoms with E-state index in [9.17, 15) is 9.59 Å². The van der Waals surface area contributed by atoms with Gasteiger partial charge >= 0.3 is 0 Å². The molecule has 0 amide bonds. The Morgan fingerprint density at radius 1 is 1.33 bits per heavy atom. The Morgan fingerprint density at radius 2 is 2.00 bits per heavy atom. The lowest BCUT2D eigenvalue weighted by molar-refractivity contribution is -0.113. The van der Waals surface area contributed by atoms with Crippen LogP contribution in [0.5, 0.6) is 0 Å². The van der Waals surface area contributed by atoms with Crippen LogP contribution in [-0.4, -0.2) is 23.4 Å². The molecular weight excluding hydrogens is 230 g/mol. The van der Waals surface area contributed by atoms with E-state index >= 15 is 0 Å². The maximum Gasteiger partial charge on any atom is 0.198 e.